The number of rotatable bonds is 4. The zero-order valence-electron chi connectivity index (χ0n) is 14.6. The van der Waals surface area contributed by atoms with E-state index in [0.29, 0.717) is 12.1 Å². The first-order valence-electron chi connectivity index (χ1n) is 8.71. The molecule has 142 valence electrons. The third kappa shape index (κ3) is 2.98. The van der Waals surface area contributed by atoms with Crippen LogP contribution in [0.5, 0.6) is 5.75 Å². The van der Waals surface area contributed by atoms with Crippen LogP contribution in [0, 0.1) is 16.0 Å². The lowest BCUT2D eigenvalue weighted by Crippen LogP contribution is -2.42. The number of hydrogen-bond donors (Lipinski definition) is 2. The number of esters is 1. The summed E-state index contributed by atoms with van der Waals surface area (Å²) in [6.07, 6.45) is 4.60. The smallest absolute Gasteiger partial charge is 0.345 e. The van der Waals surface area contributed by atoms with E-state index in [2.05, 4.69) is 5.32 Å². The lowest BCUT2D eigenvalue weighted by atomic mass is 9.78. The molecule has 2 N–H and O–H groups in total. The molecule has 0 aromatic heterocycles. The van der Waals surface area contributed by atoms with Crippen LogP contribution in [0.15, 0.2) is 54.6 Å². The molecule has 28 heavy (non-hydrogen) atoms. The predicted molar refractivity (Wildman–Crippen MR) is 99.5 cm³/mol. The Morgan fingerprint density at radius 3 is 2.61 bits per heavy atom. The molecule has 8 nitrogen and oxygen atoms in total. The first-order valence-corrected chi connectivity index (χ1v) is 8.71. The third-order valence-electron chi connectivity index (χ3n) is 5.14. The summed E-state index contributed by atoms with van der Waals surface area (Å²) < 4.78 is 5.34. The van der Waals surface area contributed by atoms with Gasteiger partial charge < -0.3 is 15.2 Å². The Hall–Kier alpha value is -3.68. The van der Waals surface area contributed by atoms with Crippen LogP contribution in [0.25, 0.3) is 0 Å². The molecule has 0 fully saturated rings. The van der Waals surface area contributed by atoms with Crippen LogP contribution in [-0.2, 0) is 4.79 Å². The largest absolute Gasteiger partial charge is 0.480 e. The van der Waals surface area contributed by atoms with Crippen LogP contribution in [0.3, 0.4) is 0 Å². The predicted octanol–water partition coefficient (Wildman–Crippen LogP) is 3.35. The van der Waals surface area contributed by atoms with E-state index in [1.165, 1.54) is 24.3 Å². The summed E-state index contributed by atoms with van der Waals surface area (Å²) in [7, 11) is 0. The minimum atomic E-state index is -0.970. The van der Waals surface area contributed by atoms with Gasteiger partial charge in [0.15, 0.2) is 0 Å². The van der Waals surface area contributed by atoms with Crippen LogP contribution in [-0.4, -0.2) is 28.0 Å². The lowest BCUT2D eigenvalue weighted by Gasteiger charge is -2.35. The number of ether oxygens (including phenoxy) is 1. The van der Waals surface area contributed by atoms with Crippen molar-refractivity contribution in [3.8, 4) is 5.75 Å². The maximum absolute atomic E-state index is 12.7. The zero-order chi connectivity index (χ0) is 19.8. The Morgan fingerprint density at radius 1 is 1.18 bits per heavy atom. The van der Waals surface area contributed by atoms with Gasteiger partial charge in [-0.05, 0) is 30.2 Å². The number of hydrogen-bond acceptors (Lipinski definition) is 6. The van der Waals surface area contributed by atoms with Gasteiger partial charge in [-0.3, -0.25) is 10.1 Å². The molecule has 2 aromatic rings. The number of anilines is 1. The summed E-state index contributed by atoms with van der Waals surface area (Å²) in [5, 5.41) is 23.3. The van der Waals surface area contributed by atoms with Gasteiger partial charge in [0, 0.05) is 24.0 Å². The van der Waals surface area contributed by atoms with E-state index in [1.54, 1.807) is 12.1 Å². The Morgan fingerprint density at radius 2 is 1.93 bits per heavy atom. The second-order valence-electron chi connectivity index (χ2n) is 6.72. The number of benzene rings is 2. The number of para-hydroxylation sites is 1. The van der Waals surface area contributed by atoms with Crippen molar-refractivity contribution in [2.75, 3.05) is 5.32 Å². The van der Waals surface area contributed by atoms with Crippen LogP contribution in [0.2, 0.25) is 0 Å². The molecule has 1 aliphatic carbocycles. The second kappa shape index (κ2) is 6.80. The molecular weight excluding hydrogens is 364 g/mol. The molecule has 8 heteroatoms. The normalized spacial score (nSPS) is 21.9. The highest BCUT2D eigenvalue weighted by Crippen LogP contribution is 2.45. The molecule has 2 aliphatic rings. The standard InChI is InChI=1S/C20H16N2O6/c23-19(24)18-15-5-1-3-13(15)14-4-2-6-16(17(14)21-18)20(25)28-12-9-7-11(8-10-12)22(26)27/h1-4,6-10,13,15,18,21H,5H2,(H,23,24). The molecule has 1 heterocycles. The van der Waals surface area contributed by atoms with Crippen molar-refractivity contribution in [2.24, 2.45) is 5.92 Å². The number of allylic oxidation sites excluding steroid dienone is 2. The van der Waals surface area contributed by atoms with Crippen LogP contribution in [0.4, 0.5) is 11.4 Å². The van der Waals surface area contributed by atoms with Crippen LogP contribution < -0.4 is 10.1 Å². The molecule has 0 saturated heterocycles. The average Bonchev–Trinajstić information content (AvgIpc) is 3.17. The summed E-state index contributed by atoms with van der Waals surface area (Å²) in [5.74, 6) is -1.65. The highest BCUT2D eigenvalue weighted by atomic mass is 16.6. The molecule has 2 aromatic carbocycles. The van der Waals surface area contributed by atoms with Crippen molar-refractivity contribution in [3.63, 3.8) is 0 Å². The topological polar surface area (TPSA) is 119 Å². The van der Waals surface area contributed by atoms with Gasteiger partial charge in [0.2, 0.25) is 0 Å². The number of aliphatic carboxylic acids is 1. The average molecular weight is 380 g/mol. The summed E-state index contributed by atoms with van der Waals surface area (Å²) in [5.41, 5.74) is 1.42. The maximum Gasteiger partial charge on any atom is 0.345 e. The van der Waals surface area contributed by atoms with Gasteiger partial charge in [0.25, 0.3) is 5.69 Å². The fraction of sp³-hybridized carbons (Fsp3) is 0.200. The first kappa shape index (κ1) is 17.7. The number of carbonyl (C=O) groups excluding carboxylic acids is 1. The Kier molecular flexibility index (Phi) is 4.31. The zero-order valence-corrected chi connectivity index (χ0v) is 14.6. The van der Waals surface area contributed by atoms with E-state index in [9.17, 15) is 24.8 Å². The summed E-state index contributed by atoms with van der Waals surface area (Å²) in [6.45, 7) is 0. The van der Waals surface area contributed by atoms with E-state index < -0.39 is 22.9 Å². The van der Waals surface area contributed by atoms with Crippen molar-refractivity contribution in [2.45, 2.75) is 18.4 Å². The number of nitrogens with one attached hydrogen (secondary N) is 1. The number of nitro groups is 1. The van der Waals surface area contributed by atoms with Crippen molar-refractivity contribution < 1.29 is 24.4 Å². The maximum atomic E-state index is 12.7. The first-order chi connectivity index (χ1) is 13.5. The molecule has 0 radical (unpaired) electrons. The summed E-state index contributed by atoms with van der Waals surface area (Å²) in [4.78, 5) is 34.6. The van der Waals surface area contributed by atoms with E-state index in [0.717, 1.165) is 5.56 Å². The van der Waals surface area contributed by atoms with Gasteiger partial charge in [-0.15, -0.1) is 0 Å². The quantitative estimate of drug-likeness (QED) is 0.274. The number of non-ortho nitro benzene ring substituents is 1. The van der Waals surface area contributed by atoms with Gasteiger partial charge >= 0.3 is 11.9 Å². The summed E-state index contributed by atoms with van der Waals surface area (Å²) in [6, 6.07) is 9.54. The Balaban J connectivity index is 1.65. The number of fused-ring (bicyclic) bond motifs is 3. The molecule has 0 bridgehead atoms. The van der Waals surface area contributed by atoms with Crippen molar-refractivity contribution >= 4 is 23.3 Å². The highest BCUT2D eigenvalue weighted by Gasteiger charge is 2.42. The van der Waals surface area contributed by atoms with E-state index in [1.807, 2.05) is 18.2 Å². The number of carbonyl (C=O) groups is 2. The van der Waals surface area contributed by atoms with Crippen LogP contribution in [0.1, 0.15) is 28.3 Å². The minimum absolute atomic E-state index is 0.0792. The monoisotopic (exact) mass is 380 g/mol. The lowest BCUT2D eigenvalue weighted by molar-refractivity contribution is -0.384. The van der Waals surface area contributed by atoms with Gasteiger partial charge in [-0.1, -0.05) is 24.3 Å². The molecule has 3 unspecified atom stereocenters. The van der Waals surface area contributed by atoms with Crippen molar-refractivity contribution in [1.29, 1.82) is 0 Å². The second-order valence-corrected chi connectivity index (χ2v) is 6.72. The van der Waals surface area contributed by atoms with Crippen molar-refractivity contribution in [1.82, 2.24) is 0 Å². The number of carboxylic acids is 1. The van der Waals surface area contributed by atoms with E-state index >= 15 is 0 Å². The molecule has 1 aliphatic heterocycles. The van der Waals surface area contributed by atoms with E-state index in [4.69, 9.17) is 4.74 Å². The molecular formula is C20H16N2O6. The number of carboxylic acid groups (broad SMARTS) is 1. The Bertz CT molecular complexity index is 998. The molecule has 0 amide bonds. The molecule has 4 rings (SSSR count). The van der Waals surface area contributed by atoms with Gasteiger partial charge in [0.1, 0.15) is 11.8 Å². The van der Waals surface area contributed by atoms with Crippen molar-refractivity contribution in [3.05, 3.63) is 75.9 Å². The van der Waals surface area contributed by atoms with Gasteiger partial charge in [0.05, 0.1) is 16.2 Å². The highest BCUT2D eigenvalue weighted by molar-refractivity contribution is 5.99. The van der Waals surface area contributed by atoms with E-state index in [-0.39, 0.29) is 28.8 Å². The van der Waals surface area contributed by atoms with Gasteiger partial charge in [-0.2, -0.15) is 0 Å². The van der Waals surface area contributed by atoms with Crippen LogP contribution >= 0.6 is 0 Å². The number of nitrogens with zero attached hydrogens (tertiary/aromatic N) is 1. The molecule has 0 spiro atoms. The van der Waals surface area contributed by atoms with Gasteiger partial charge in [-0.25, -0.2) is 9.59 Å². The minimum Gasteiger partial charge on any atom is -0.480 e. The SMILES string of the molecule is O=C(Oc1ccc([N+](=O)[O-])cc1)c1cccc2c1NC(C(=O)O)C1CC=CC21. The fourth-order valence-corrected chi connectivity index (χ4v) is 3.83. The fourth-order valence-electron chi connectivity index (χ4n) is 3.83. The number of nitro benzene ring substituents is 1. The Labute approximate surface area is 159 Å². The summed E-state index contributed by atoms with van der Waals surface area (Å²) >= 11 is 0. The third-order valence-corrected chi connectivity index (χ3v) is 5.14. The molecule has 3 atom stereocenters. The molecule has 0 saturated carbocycles.